The number of amidine groups is 1. The van der Waals surface area contributed by atoms with Gasteiger partial charge in [-0.05, 0) is 19.3 Å². The van der Waals surface area contributed by atoms with E-state index in [0.29, 0.717) is 0 Å². The maximum atomic E-state index is 4.34. The number of aliphatic imine (C=N–C) groups is 1. The molecular weight excluding hydrogens is 156 g/mol. The highest BCUT2D eigenvalue weighted by molar-refractivity contribution is 8.14. The molecule has 1 radical (unpaired) electrons. The summed E-state index contributed by atoms with van der Waals surface area (Å²) < 4.78 is 0. The summed E-state index contributed by atoms with van der Waals surface area (Å²) in [6, 6.07) is 0. The molecule has 0 aromatic rings. The molecule has 1 fully saturated rings. The van der Waals surface area contributed by atoms with Gasteiger partial charge in [-0.15, -0.1) is 0 Å². The Labute approximate surface area is 72.1 Å². The standard InChI is InChI=1S/C8H13N2S/c1-2-5-10(6-3-1)8-9-4-7-11-8/h4H,1-3,5-7H2. The smallest absolute Gasteiger partial charge is 0.159 e. The number of likely N-dealkylation sites (tertiary alicyclic amines) is 1. The maximum Gasteiger partial charge on any atom is 0.159 e. The van der Waals surface area contributed by atoms with E-state index in [4.69, 9.17) is 0 Å². The fourth-order valence-corrected chi connectivity index (χ4v) is 2.33. The van der Waals surface area contributed by atoms with E-state index in [2.05, 4.69) is 9.89 Å². The van der Waals surface area contributed by atoms with Gasteiger partial charge in [-0.1, -0.05) is 11.8 Å². The van der Waals surface area contributed by atoms with Gasteiger partial charge in [0.15, 0.2) is 5.17 Å². The van der Waals surface area contributed by atoms with Crippen molar-refractivity contribution in [1.29, 1.82) is 0 Å². The third kappa shape index (κ3) is 1.70. The summed E-state index contributed by atoms with van der Waals surface area (Å²) in [4.78, 5) is 6.75. The van der Waals surface area contributed by atoms with E-state index in [1.165, 1.54) is 37.5 Å². The van der Waals surface area contributed by atoms with Crippen LogP contribution in [0.4, 0.5) is 0 Å². The summed E-state index contributed by atoms with van der Waals surface area (Å²) in [6.07, 6.45) is 4.09. The topological polar surface area (TPSA) is 15.6 Å². The van der Waals surface area contributed by atoms with E-state index >= 15 is 0 Å². The third-order valence-corrected chi connectivity index (χ3v) is 3.05. The molecule has 2 nitrogen and oxygen atoms in total. The summed E-state index contributed by atoms with van der Waals surface area (Å²) in [5.41, 5.74) is 0. The highest BCUT2D eigenvalue weighted by Crippen LogP contribution is 2.21. The molecule has 61 valence electrons. The van der Waals surface area contributed by atoms with Crippen LogP contribution in [0.1, 0.15) is 19.3 Å². The highest BCUT2D eigenvalue weighted by atomic mass is 32.2. The van der Waals surface area contributed by atoms with Crippen molar-refractivity contribution in [2.24, 2.45) is 4.99 Å². The lowest BCUT2D eigenvalue weighted by atomic mass is 10.1. The predicted octanol–water partition coefficient (Wildman–Crippen LogP) is 1.74. The van der Waals surface area contributed by atoms with Crippen molar-refractivity contribution in [2.45, 2.75) is 19.3 Å². The van der Waals surface area contributed by atoms with E-state index in [-0.39, 0.29) is 0 Å². The van der Waals surface area contributed by atoms with Crippen LogP contribution < -0.4 is 0 Å². The lowest BCUT2D eigenvalue weighted by Gasteiger charge is -2.27. The van der Waals surface area contributed by atoms with Crippen LogP contribution in [0.5, 0.6) is 0 Å². The van der Waals surface area contributed by atoms with Crippen LogP contribution in [0.25, 0.3) is 0 Å². The normalized spacial score (nSPS) is 25.5. The minimum Gasteiger partial charge on any atom is -0.351 e. The van der Waals surface area contributed by atoms with Crippen molar-refractivity contribution in [3.05, 3.63) is 6.54 Å². The van der Waals surface area contributed by atoms with Gasteiger partial charge in [0.2, 0.25) is 0 Å². The van der Waals surface area contributed by atoms with Gasteiger partial charge >= 0.3 is 0 Å². The summed E-state index contributed by atoms with van der Waals surface area (Å²) in [5.74, 6) is 1.08. The van der Waals surface area contributed by atoms with Gasteiger partial charge in [0.05, 0.1) is 6.54 Å². The first-order chi connectivity index (χ1) is 5.47. The van der Waals surface area contributed by atoms with Gasteiger partial charge in [0, 0.05) is 18.8 Å². The van der Waals surface area contributed by atoms with Crippen molar-refractivity contribution < 1.29 is 0 Å². The minimum absolute atomic E-state index is 1.08. The van der Waals surface area contributed by atoms with E-state index in [9.17, 15) is 0 Å². The van der Waals surface area contributed by atoms with Gasteiger partial charge in [0.1, 0.15) is 0 Å². The molecule has 0 spiro atoms. The lowest BCUT2D eigenvalue weighted by Crippen LogP contribution is -2.33. The highest BCUT2D eigenvalue weighted by Gasteiger charge is 2.17. The summed E-state index contributed by atoms with van der Waals surface area (Å²) >= 11 is 1.87. The molecule has 2 heterocycles. The zero-order chi connectivity index (χ0) is 7.52. The van der Waals surface area contributed by atoms with Crippen molar-refractivity contribution in [1.82, 2.24) is 4.90 Å². The Balaban J connectivity index is 1.92. The van der Waals surface area contributed by atoms with Crippen LogP contribution >= 0.6 is 11.8 Å². The molecule has 3 heteroatoms. The molecule has 11 heavy (non-hydrogen) atoms. The van der Waals surface area contributed by atoms with Gasteiger partial charge in [-0.3, -0.25) is 4.99 Å². The summed E-state index contributed by atoms with van der Waals surface area (Å²) in [6.45, 7) is 4.45. The lowest BCUT2D eigenvalue weighted by molar-refractivity contribution is 0.348. The molecule has 1 saturated heterocycles. The summed E-state index contributed by atoms with van der Waals surface area (Å²) in [5, 5.41) is 1.25. The van der Waals surface area contributed by atoms with Gasteiger partial charge in [0.25, 0.3) is 0 Å². The number of hydrogen-bond acceptors (Lipinski definition) is 3. The van der Waals surface area contributed by atoms with Gasteiger partial charge in [-0.25, -0.2) is 0 Å². The van der Waals surface area contributed by atoms with Gasteiger partial charge < -0.3 is 4.90 Å². The van der Waals surface area contributed by atoms with Gasteiger partial charge in [-0.2, -0.15) is 0 Å². The second kappa shape index (κ2) is 3.48. The molecule has 0 aromatic carbocycles. The van der Waals surface area contributed by atoms with Crippen LogP contribution in [0.3, 0.4) is 0 Å². The maximum absolute atomic E-state index is 4.34. The first kappa shape index (κ1) is 7.47. The second-order valence-electron chi connectivity index (χ2n) is 2.95. The molecule has 0 aliphatic carbocycles. The molecule has 0 N–H and O–H groups in total. The Kier molecular flexibility index (Phi) is 2.36. The number of hydrogen-bond donors (Lipinski definition) is 0. The monoisotopic (exact) mass is 169 g/mol. The largest absolute Gasteiger partial charge is 0.351 e. The SMILES string of the molecule is [CH]1CSC(N2CCCCC2)=N1. The number of piperidine rings is 1. The zero-order valence-corrected chi connectivity index (χ0v) is 7.44. The molecule has 0 saturated carbocycles. The fraction of sp³-hybridized carbons (Fsp3) is 0.750. The van der Waals surface area contributed by atoms with Crippen LogP contribution in [0.15, 0.2) is 4.99 Å². The van der Waals surface area contributed by atoms with E-state index < -0.39 is 0 Å². The van der Waals surface area contributed by atoms with E-state index in [0.717, 1.165) is 5.75 Å². The second-order valence-corrected chi connectivity index (χ2v) is 3.94. The Hall–Kier alpha value is -0.180. The molecule has 2 aliphatic rings. The zero-order valence-electron chi connectivity index (χ0n) is 6.62. The minimum atomic E-state index is 1.08. The van der Waals surface area contributed by atoms with Crippen LogP contribution in [-0.2, 0) is 0 Å². The molecule has 0 amide bonds. The van der Waals surface area contributed by atoms with Crippen LogP contribution in [-0.4, -0.2) is 28.9 Å². The van der Waals surface area contributed by atoms with E-state index in [1.807, 2.05) is 18.3 Å². The predicted molar refractivity (Wildman–Crippen MR) is 49.6 cm³/mol. The molecule has 0 bridgehead atoms. The molecule has 0 unspecified atom stereocenters. The van der Waals surface area contributed by atoms with Crippen LogP contribution in [0.2, 0.25) is 0 Å². The average Bonchev–Trinajstić information content (AvgIpc) is 2.58. The first-order valence-corrected chi connectivity index (χ1v) is 5.22. The number of rotatable bonds is 0. The first-order valence-electron chi connectivity index (χ1n) is 4.24. The molecule has 0 aromatic heterocycles. The molecular formula is C8H13N2S. The quantitative estimate of drug-likeness (QED) is 0.549. The Morgan fingerprint density at radius 3 is 2.73 bits per heavy atom. The Bertz CT molecular complexity index is 161. The van der Waals surface area contributed by atoms with E-state index in [1.54, 1.807) is 0 Å². The summed E-state index contributed by atoms with van der Waals surface area (Å²) in [7, 11) is 0. The molecule has 2 aliphatic heterocycles. The Morgan fingerprint density at radius 2 is 2.09 bits per heavy atom. The van der Waals surface area contributed by atoms with Crippen molar-refractivity contribution >= 4 is 16.9 Å². The third-order valence-electron chi connectivity index (χ3n) is 2.12. The molecule has 0 atom stereocenters. The van der Waals surface area contributed by atoms with Crippen molar-refractivity contribution in [3.8, 4) is 0 Å². The number of thioether (sulfide) groups is 1. The van der Waals surface area contributed by atoms with Crippen molar-refractivity contribution in [3.63, 3.8) is 0 Å². The Morgan fingerprint density at radius 1 is 1.27 bits per heavy atom. The van der Waals surface area contributed by atoms with Crippen LogP contribution in [0, 0.1) is 6.54 Å². The fourth-order valence-electron chi connectivity index (χ4n) is 1.52. The molecule has 2 rings (SSSR count). The number of nitrogens with zero attached hydrogens (tertiary/aromatic N) is 2. The van der Waals surface area contributed by atoms with Crippen molar-refractivity contribution in [2.75, 3.05) is 18.8 Å². The average molecular weight is 169 g/mol.